The molecule has 1 N–H and O–H groups in total. The summed E-state index contributed by atoms with van der Waals surface area (Å²) in [5.41, 5.74) is 1.24. The van der Waals surface area contributed by atoms with E-state index in [-0.39, 0.29) is 12.1 Å². The fourth-order valence-corrected chi connectivity index (χ4v) is 3.11. The molecule has 1 aromatic carbocycles. The quantitative estimate of drug-likeness (QED) is 0.920. The third-order valence-corrected chi connectivity index (χ3v) is 4.22. The lowest BCUT2D eigenvalue weighted by molar-refractivity contribution is 0.141. The summed E-state index contributed by atoms with van der Waals surface area (Å²) >= 11 is 0. The van der Waals surface area contributed by atoms with Crippen LogP contribution in [0.1, 0.15) is 31.3 Å². The average molecular weight is 314 g/mol. The molecule has 0 spiro atoms. The first kappa shape index (κ1) is 16.0. The molecule has 2 aromatic rings. The van der Waals surface area contributed by atoms with E-state index in [9.17, 15) is 0 Å². The number of piperazine rings is 1. The Balaban J connectivity index is 1.81. The van der Waals surface area contributed by atoms with E-state index in [1.807, 2.05) is 18.5 Å². The zero-order valence-electron chi connectivity index (χ0n) is 14.2. The van der Waals surface area contributed by atoms with E-state index in [0.717, 1.165) is 37.8 Å². The molecule has 1 unspecified atom stereocenters. The average Bonchev–Trinajstić information content (AvgIpc) is 2.95. The molecule has 0 radical (unpaired) electrons. The van der Waals surface area contributed by atoms with Crippen molar-refractivity contribution in [3.63, 3.8) is 0 Å². The van der Waals surface area contributed by atoms with E-state index < -0.39 is 0 Å². The third kappa shape index (κ3) is 3.74. The van der Waals surface area contributed by atoms with Crippen LogP contribution in [0.25, 0.3) is 0 Å². The first-order chi connectivity index (χ1) is 11.1. The molecule has 1 aromatic heterocycles. The van der Waals surface area contributed by atoms with Gasteiger partial charge in [0.05, 0.1) is 12.1 Å². The number of aromatic nitrogens is 2. The number of hydrogen-bond acceptors (Lipinski definition) is 4. The number of benzene rings is 1. The van der Waals surface area contributed by atoms with Crippen molar-refractivity contribution in [1.82, 2.24) is 19.8 Å². The van der Waals surface area contributed by atoms with Gasteiger partial charge in [0.15, 0.2) is 0 Å². The molecule has 5 heteroatoms. The molecular weight excluding hydrogens is 288 g/mol. The minimum Gasteiger partial charge on any atom is -0.491 e. The second-order valence-electron chi connectivity index (χ2n) is 6.36. The monoisotopic (exact) mass is 314 g/mol. The van der Waals surface area contributed by atoms with Gasteiger partial charge >= 0.3 is 0 Å². The Labute approximate surface area is 138 Å². The molecule has 1 aliphatic heterocycles. The first-order valence-corrected chi connectivity index (χ1v) is 8.31. The van der Waals surface area contributed by atoms with Crippen molar-refractivity contribution in [2.24, 2.45) is 7.05 Å². The van der Waals surface area contributed by atoms with E-state index in [1.54, 1.807) is 0 Å². The van der Waals surface area contributed by atoms with Crippen molar-refractivity contribution in [2.75, 3.05) is 19.6 Å². The standard InChI is InChI=1S/C18H26N4O/c1-14(2)23-17-7-5-4-6-15(17)13-22-11-8-19-12-16(22)18-20-9-10-21(18)3/h4-7,9-10,14,16,19H,8,11-13H2,1-3H3. The molecule has 3 rings (SSSR count). The molecule has 1 aliphatic rings. The highest BCUT2D eigenvalue weighted by Crippen LogP contribution is 2.27. The number of nitrogens with zero attached hydrogens (tertiary/aromatic N) is 3. The predicted octanol–water partition coefficient (Wildman–Crippen LogP) is 2.35. The van der Waals surface area contributed by atoms with E-state index in [0.29, 0.717) is 0 Å². The summed E-state index contributed by atoms with van der Waals surface area (Å²) in [6.45, 7) is 7.96. The Bertz CT molecular complexity index is 637. The molecule has 0 amide bonds. The van der Waals surface area contributed by atoms with E-state index >= 15 is 0 Å². The smallest absolute Gasteiger partial charge is 0.127 e. The number of nitrogens with one attached hydrogen (secondary N) is 1. The Morgan fingerprint density at radius 2 is 2.17 bits per heavy atom. The molecule has 0 bridgehead atoms. The normalized spacial score (nSPS) is 19.2. The zero-order chi connectivity index (χ0) is 16.2. The van der Waals surface area contributed by atoms with Crippen molar-refractivity contribution in [3.8, 4) is 5.75 Å². The van der Waals surface area contributed by atoms with Gasteiger partial charge in [0.2, 0.25) is 0 Å². The molecule has 1 saturated heterocycles. The molecule has 23 heavy (non-hydrogen) atoms. The van der Waals surface area contributed by atoms with Crippen LogP contribution in [-0.4, -0.2) is 40.2 Å². The second kappa shape index (κ2) is 7.15. The van der Waals surface area contributed by atoms with Gasteiger partial charge in [0.1, 0.15) is 11.6 Å². The van der Waals surface area contributed by atoms with E-state index in [4.69, 9.17) is 4.74 Å². The predicted molar refractivity (Wildman–Crippen MR) is 91.4 cm³/mol. The Morgan fingerprint density at radius 1 is 1.35 bits per heavy atom. The summed E-state index contributed by atoms with van der Waals surface area (Å²) in [4.78, 5) is 7.04. The summed E-state index contributed by atoms with van der Waals surface area (Å²) in [5.74, 6) is 2.10. The van der Waals surface area contributed by atoms with E-state index in [1.165, 1.54) is 5.56 Å². The molecule has 0 aliphatic carbocycles. The minimum absolute atomic E-state index is 0.185. The lowest BCUT2D eigenvalue weighted by Crippen LogP contribution is -2.46. The Morgan fingerprint density at radius 3 is 2.91 bits per heavy atom. The number of aryl methyl sites for hydroxylation is 1. The summed E-state index contributed by atoms with van der Waals surface area (Å²) in [5, 5.41) is 3.49. The lowest BCUT2D eigenvalue weighted by atomic mass is 10.1. The van der Waals surface area contributed by atoms with Crippen LogP contribution in [-0.2, 0) is 13.6 Å². The maximum absolute atomic E-state index is 5.97. The molecule has 124 valence electrons. The van der Waals surface area contributed by atoms with Crippen molar-refractivity contribution in [3.05, 3.63) is 48.0 Å². The number of para-hydroxylation sites is 1. The Hall–Kier alpha value is -1.85. The molecule has 1 fully saturated rings. The van der Waals surface area contributed by atoms with Gasteiger partial charge in [-0.15, -0.1) is 0 Å². The summed E-state index contributed by atoms with van der Waals surface area (Å²) < 4.78 is 8.09. The SMILES string of the molecule is CC(C)Oc1ccccc1CN1CCNCC1c1nccn1C. The highest BCUT2D eigenvalue weighted by Gasteiger charge is 2.27. The number of hydrogen-bond donors (Lipinski definition) is 1. The molecule has 1 atom stereocenters. The first-order valence-electron chi connectivity index (χ1n) is 8.31. The maximum atomic E-state index is 5.97. The lowest BCUT2D eigenvalue weighted by Gasteiger charge is -2.36. The number of imidazole rings is 1. The van der Waals surface area contributed by atoms with Crippen LogP contribution in [0.2, 0.25) is 0 Å². The van der Waals surface area contributed by atoms with Crippen LogP contribution in [0, 0.1) is 0 Å². The topological polar surface area (TPSA) is 42.3 Å². The van der Waals surface area contributed by atoms with Crippen molar-refractivity contribution >= 4 is 0 Å². The van der Waals surface area contributed by atoms with Crippen molar-refractivity contribution in [2.45, 2.75) is 32.5 Å². The van der Waals surface area contributed by atoms with Crippen LogP contribution in [0.4, 0.5) is 0 Å². The van der Waals surface area contributed by atoms with Crippen molar-refractivity contribution in [1.29, 1.82) is 0 Å². The van der Waals surface area contributed by atoms with Crippen LogP contribution >= 0.6 is 0 Å². The van der Waals surface area contributed by atoms with Gasteiger partial charge in [0, 0.05) is 51.2 Å². The van der Waals surface area contributed by atoms with Gasteiger partial charge in [-0.3, -0.25) is 4.90 Å². The third-order valence-electron chi connectivity index (χ3n) is 4.22. The van der Waals surface area contributed by atoms with Crippen molar-refractivity contribution < 1.29 is 4.74 Å². The summed E-state index contributed by atoms with van der Waals surface area (Å²) in [6.07, 6.45) is 4.07. The molecular formula is C18H26N4O. The Kier molecular flexibility index (Phi) is 4.98. The van der Waals surface area contributed by atoms with Gasteiger partial charge < -0.3 is 14.6 Å². The maximum Gasteiger partial charge on any atom is 0.127 e. The van der Waals surface area contributed by atoms with Crippen LogP contribution in [0.5, 0.6) is 5.75 Å². The largest absolute Gasteiger partial charge is 0.491 e. The number of ether oxygens (including phenoxy) is 1. The van der Waals surface area contributed by atoms with Crippen LogP contribution in [0.15, 0.2) is 36.7 Å². The van der Waals surface area contributed by atoms with Gasteiger partial charge in [-0.1, -0.05) is 18.2 Å². The fraction of sp³-hybridized carbons (Fsp3) is 0.500. The van der Waals surface area contributed by atoms with Gasteiger partial charge in [-0.2, -0.15) is 0 Å². The van der Waals surface area contributed by atoms with Crippen LogP contribution < -0.4 is 10.1 Å². The highest BCUT2D eigenvalue weighted by atomic mass is 16.5. The van der Waals surface area contributed by atoms with Crippen LogP contribution in [0.3, 0.4) is 0 Å². The minimum atomic E-state index is 0.185. The summed E-state index contributed by atoms with van der Waals surface area (Å²) in [7, 11) is 2.06. The van der Waals surface area contributed by atoms with E-state index in [2.05, 4.69) is 58.9 Å². The second-order valence-corrected chi connectivity index (χ2v) is 6.36. The number of rotatable bonds is 5. The molecule has 0 saturated carbocycles. The fourth-order valence-electron chi connectivity index (χ4n) is 3.11. The zero-order valence-corrected chi connectivity index (χ0v) is 14.2. The summed E-state index contributed by atoms with van der Waals surface area (Å²) in [6, 6.07) is 8.63. The highest BCUT2D eigenvalue weighted by molar-refractivity contribution is 5.33. The van der Waals surface area contributed by atoms with Gasteiger partial charge in [0.25, 0.3) is 0 Å². The molecule has 5 nitrogen and oxygen atoms in total. The van der Waals surface area contributed by atoms with Gasteiger partial charge in [-0.05, 0) is 19.9 Å². The van der Waals surface area contributed by atoms with Gasteiger partial charge in [-0.25, -0.2) is 4.98 Å². The molecule has 2 heterocycles.